The fourth-order valence-corrected chi connectivity index (χ4v) is 2.28. The zero-order chi connectivity index (χ0) is 18.2. The van der Waals surface area contributed by atoms with Crippen LogP contribution in [0.25, 0.3) is 0 Å². The number of ketones is 1. The molecule has 1 aliphatic rings. The Kier molecular flexibility index (Phi) is 6.50. The van der Waals surface area contributed by atoms with Crippen LogP contribution in [0.15, 0.2) is 30.3 Å². The molecule has 0 unspecified atom stereocenters. The number of rotatable bonds is 7. The van der Waals surface area contributed by atoms with Gasteiger partial charge in [0, 0.05) is 6.42 Å². The second-order valence-corrected chi connectivity index (χ2v) is 5.34. The molecule has 1 amide bonds. The van der Waals surface area contributed by atoms with E-state index in [0.717, 1.165) is 10.5 Å². The third kappa shape index (κ3) is 5.30. The maximum atomic E-state index is 12.1. The van der Waals surface area contributed by atoms with Gasteiger partial charge in [-0.15, -0.1) is 0 Å². The number of ether oxygens (including phenoxy) is 3. The summed E-state index contributed by atoms with van der Waals surface area (Å²) >= 11 is 0. The first-order chi connectivity index (χ1) is 12.0. The van der Waals surface area contributed by atoms with Crippen molar-refractivity contribution in [2.45, 2.75) is 32.4 Å². The van der Waals surface area contributed by atoms with Crippen LogP contribution >= 0.6 is 0 Å². The van der Waals surface area contributed by atoms with E-state index in [9.17, 15) is 19.2 Å². The maximum absolute atomic E-state index is 12.1. The van der Waals surface area contributed by atoms with Gasteiger partial charge >= 0.3 is 18.0 Å². The van der Waals surface area contributed by atoms with Crippen LogP contribution in [-0.4, -0.2) is 48.1 Å². The van der Waals surface area contributed by atoms with Crippen LogP contribution in [0.3, 0.4) is 0 Å². The molecule has 0 radical (unpaired) electrons. The van der Waals surface area contributed by atoms with Gasteiger partial charge in [0.2, 0.25) is 0 Å². The molecule has 8 nitrogen and oxygen atoms in total. The second-order valence-electron chi connectivity index (χ2n) is 5.34. The van der Waals surface area contributed by atoms with Crippen molar-refractivity contribution in [1.82, 2.24) is 4.90 Å². The van der Waals surface area contributed by atoms with Crippen molar-refractivity contribution in [2.24, 2.45) is 0 Å². The van der Waals surface area contributed by atoms with E-state index in [2.05, 4.69) is 4.74 Å². The molecule has 0 spiro atoms. The molecule has 1 atom stereocenters. The van der Waals surface area contributed by atoms with E-state index >= 15 is 0 Å². The highest BCUT2D eigenvalue weighted by molar-refractivity contribution is 5.98. The number of benzene rings is 1. The maximum Gasteiger partial charge on any atom is 0.413 e. The molecule has 8 heteroatoms. The van der Waals surface area contributed by atoms with E-state index in [1.165, 1.54) is 0 Å². The lowest BCUT2D eigenvalue weighted by molar-refractivity contribution is -0.147. The highest BCUT2D eigenvalue weighted by Gasteiger charge is 2.40. The van der Waals surface area contributed by atoms with E-state index in [0.29, 0.717) is 0 Å². The lowest BCUT2D eigenvalue weighted by Gasteiger charge is -2.19. The molecule has 1 aromatic carbocycles. The monoisotopic (exact) mass is 349 g/mol. The van der Waals surface area contributed by atoms with Gasteiger partial charge in [0.05, 0.1) is 6.61 Å². The van der Waals surface area contributed by atoms with Gasteiger partial charge in [-0.3, -0.25) is 14.5 Å². The number of amides is 1. The SMILES string of the molecule is CCOC(=O)CC(=O)C[C@H]1C(=O)OCN1C(=O)OCc1ccccc1. The van der Waals surface area contributed by atoms with E-state index in [-0.39, 0.29) is 26.4 Å². The fourth-order valence-electron chi connectivity index (χ4n) is 2.28. The van der Waals surface area contributed by atoms with Crippen LogP contribution in [0.5, 0.6) is 0 Å². The number of nitrogens with zero attached hydrogens (tertiary/aromatic N) is 1. The Morgan fingerprint density at radius 3 is 2.60 bits per heavy atom. The standard InChI is InChI=1S/C17H19NO7/c1-2-23-15(20)9-13(19)8-14-16(21)25-11-18(14)17(22)24-10-12-6-4-3-5-7-12/h3-7,14H,2,8-11H2,1H3/t14-/m0/s1. The minimum Gasteiger partial charge on any atom is -0.466 e. The van der Waals surface area contributed by atoms with Crippen molar-refractivity contribution in [3.63, 3.8) is 0 Å². The van der Waals surface area contributed by atoms with Gasteiger partial charge in [-0.25, -0.2) is 9.59 Å². The predicted octanol–water partition coefficient (Wildman–Crippen LogP) is 1.42. The quantitative estimate of drug-likeness (QED) is 0.417. The summed E-state index contributed by atoms with van der Waals surface area (Å²) in [6.45, 7) is 1.54. The molecule has 1 aromatic rings. The molecule has 0 bridgehead atoms. The Labute approximate surface area is 144 Å². The normalized spacial score (nSPS) is 16.3. The smallest absolute Gasteiger partial charge is 0.413 e. The summed E-state index contributed by atoms with van der Waals surface area (Å²) in [5.74, 6) is -1.88. The molecule has 0 N–H and O–H groups in total. The van der Waals surface area contributed by atoms with Gasteiger partial charge in [-0.05, 0) is 12.5 Å². The van der Waals surface area contributed by atoms with Crippen LogP contribution in [0, 0.1) is 0 Å². The summed E-state index contributed by atoms with van der Waals surface area (Å²) in [4.78, 5) is 48.2. The first kappa shape index (κ1) is 18.4. The number of hydrogen-bond donors (Lipinski definition) is 0. The average Bonchev–Trinajstić information content (AvgIpc) is 2.94. The van der Waals surface area contributed by atoms with Crippen LogP contribution in [-0.2, 0) is 35.2 Å². The Bertz CT molecular complexity index is 644. The molecule has 1 aliphatic heterocycles. The van der Waals surface area contributed by atoms with Crippen LogP contribution in [0.1, 0.15) is 25.3 Å². The van der Waals surface area contributed by atoms with Crippen LogP contribution in [0.4, 0.5) is 4.79 Å². The molecule has 25 heavy (non-hydrogen) atoms. The molecule has 0 aromatic heterocycles. The Hall–Kier alpha value is -2.90. The molecular formula is C17H19NO7. The number of Topliss-reactive ketones (excluding diaryl/α,β-unsaturated/α-hetero) is 1. The van der Waals surface area contributed by atoms with Gasteiger partial charge in [0.15, 0.2) is 6.73 Å². The van der Waals surface area contributed by atoms with Crippen molar-refractivity contribution in [3.05, 3.63) is 35.9 Å². The summed E-state index contributed by atoms with van der Waals surface area (Å²) in [5.41, 5.74) is 0.789. The summed E-state index contributed by atoms with van der Waals surface area (Å²) in [6, 6.07) is 7.94. The molecule has 0 aliphatic carbocycles. The van der Waals surface area contributed by atoms with Gasteiger partial charge in [0.1, 0.15) is 24.9 Å². The minimum absolute atomic E-state index is 0.0356. The Morgan fingerprint density at radius 1 is 1.20 bits per heavy atom. The second kappa shape index (κ2) is 8.81. The molecule has 134 valence electrons. The Balaban J connectivity index is 1.90. The summed E-state index contributed by atoms with van der Waals surface area (Å²) in [6.07, 6.45) is -1.54. The fraction of sp³-hybridized carbons (Fsp3) is 0.412. The van der Waals surface area contributed by atoms with Crippen LogP contribution < -0.4 is 0 Å². The van der Waals surface area contributed by atoms with Crippen molar-refractivity contribution in [3.8, 4) is 0 Å². The van der Waals surface area contributed by atoms with E-state index in [1.807, 2.05) is 18.2 Å². The molecular weight excluding hydrogens is 330 g/mol. The first-order valence-corrected chi connectivity index (χ1v) is 7.82. The number of carbonyl (C=O) groups is 4. The van der Waals surface area contributed by atoms with Crippen molar-refractivity contribution in [1.29, 1.82) is 0 Å². The number of cyclic esters (lactones) is 1. The third-order valence-electron chi connectivity index (χ3n) is 3.50. The highest BCUT2D eigenvalue weighted by Crippen LogP contribution is 2.18. The molecule has 0 saturated carbocycles. The third-order valence-corrected chi connectivity index (χ3v) is 3.50. The summed E-state index contributed by atoms with van der Waals surface area (Å²) < 4.78 is 14.7. The molecule has 1 saturated heterocycles. The number of carbonyl (C=O) groups excluding carboxylic acids is 4. The van der Waals surface area contributed by atoms with Gasteiger partial charge in [-0.2, -0.15) is 0 Å². The average molecular weight is 349 g/mol. The largest absolute Gasteiger partial charge is 0.466 e. The number of hydrogen-bond acceptors (Lipinski definition) is 7. The van der Waals surface area contributed by atoms with Crippen LogP contribution in [0.2, 0.25) is 0 Å². The number of esters is 2. The zero-order valence-corrected chi connectivity index (χ0v) is 13.8. The topological polar surface area (TPSA) is 99.2 Å². The lowest BCUT2D eigenvalue weighted by atomic mass is 10.1. The van der Waals surface area contributed by atoms with Gasteiger partial charge < -0.3 is 14.2 Å². The van der Waals surface area contributed by atoms with E-state index < -0.39 is 36.3 Å². The van der Waals surface area contributed by atoms with E-state index in [4.69, 9.17) is 9.47 Å². The lowest BCUT2D eigenvalue weighted by Crippen LogP contribution is -2.40. The molecule has 2 rings (SSSR count). The highest BCUT2D eigenvalue weighted by atomic mass is 16.6. The van der Waals surface area contributed by atoms with Gasteiger partial charge in [-0.1, -0.05) is 30.3 Å². The van der Waals surface area contributed by atoms with E-state index in [1.54, 1.807) is 19.1 Å². The predicted molar refractivity (Wildman–Crippen MR) is 84.1 cm³/mol. The molecule has 1 heterocycles. The zero-order valence-electron chi connectivity index (χ0n) is 13.8. The van der Waals surface area contributed by atoms with Gasteiger partial charge in [0.25, 0.3) is 0 Å². The summed E-state index contributed by atoms with van der Waals surface area (Å²) in [7, 11) is 0. The molecule has 1 fully saturated rings. The minimum atomic E-state index is -1.09. The Morgan fingerprint density at radius 2 is 1.92 bits per heavy atom. The van der Waals surface area contributed by atoms with Crippen molar-refractivity contribution >= 4 is 23.8 Å². The van der Waals surface area contributed by atoms with Crippen molar-refractivity contribution in [2.75, 3.05) is 13.3 Å². The summed E-state index contributed by atoms with van der Waals surface area (Å²) in [5, 5.41) is 0. The first-order valence-electron chi connectivity index (χ1n) is 7.82. The van der Waals surface area contributed by atoms with Crippen molar-refractivity contribution < 1.29 is 33.4 Å².